The lowest BCUT2D eigenvalue weighted by Gasteiger charge is -2.26. The summed E-state index contributed by atoms with van der Waals surface area (Å²) in [5.74, 6) is -0.822. The van der Waals surface area contributed by atoms with Crippen molar-refractivity contribution in [2.45, 2.75) is 19.9 Å². The molecule has 0 aromatic heterocycles. The van der Waals surface area contributed by atoms with E-state index >= 15 is 0 Å². The molecule has 0 unspecified atom stereocenters. The third-order valence-electron chi connectivity index (χ3n) is 2.39. The summed E-state index contributed by atoms with van der Waals surface area (Å²) in [6, 6.07) is 3.80. The van der Waals surface area contributed by atoms with E-state index in [2.05, 4.69) is 0 Å². The second-order valence-electron chi connectivity index (χ2n) is 3.94. The molecule has 1 aromatic carbocycles. The minimum absolute atomic E-state index is 0.0431. The van der Waals surface area contributed by atoms with E-state index < -0.39 is 5.82 Å². The second-order valence-corrected chi connectivity index (χ2v) is 4.35. The molecular weight excluding hydrogens is 245 g/mol. The van der Waals surface area contributed by atoms with Crippen LogP contribution in [-0.2, 0) is 0 Å². The molecule has 3 nitrogen and oxygen atoms in total. The van der Waals surface area contributed by atoms with Crippen molar-refractivity contribution >= 4 is 17.5 Å². The van der Waals surface area contributed by atoms with Gasteiger partial charge in [-0.25, -0.2) is 4.39 Å². The number of nitrogens with zero attached hydrogens (tertiary/aromatic N) is 1. The van der Waals surface area contributed by atoms with Crippen LogP contribution in [0.4, 0.5) is 4.39 Å². The van der Waals surface area contributed by atoms with Crippen LogP contribution in [0.5, 0.6) is 0 Å². The van der Waals surface area contributed by atoms with Crippen molar-refractivity contribution in [2.75, 3.05) is 13.2 Å². The van der Waals surface area contributed by atoms with Gasteiger partial charge in [-0.1, -0.05) is 11.6 Å². The maximum absolute atomic E-state index is 13.0. The van der Waals surface area contributed by atoms with Gasteiger partial charge in [-0.05, 0) is 32.0 Å². The number of rotatable bonds is 4. The average molecular weight is 260 g/mol. The third kappa shape index (κ3) is 3.41. The summed E-state index contributed by atoms with van der Waals surface area (Å²) < 4.78 is 13.0. The molecule has 0 saturated heterocycles. The minimum atomic E-state index is -0.554. The molecule has 0 bridgehead atoms. The van der Waals surface area contributed by atoms with Gasteiger partial charge in [0.15, 0.2) is 0 Å². The summed E-state index contributed by atoms with van der Waals surface area (Å²) in [6.45, 7) is 3.82. The Bertz CT molecular complexity index is 409. The van der Waals surface area contributed by atoms with E-state index in [1.54, 1.807) is 0 Å². The monoisotopic (exact) mass is 259 g/mol. The Kier molecular flexibility index (Phi) is 4.90. The maximum atomic E-state index is 13.0. The number of aliphatic hydroxyl groups excluding tert-OH is 1. The van der Waals surface area contributed by atoms with Gasteiger partial charge in [-0.2, -0.15) is 0 Å². The van der Waals surface area contributed by atoms with E-state index in [1.165, 1.54) is 17.0 Å². The SMILES string of the molecule is CC(C)N(CCO)C(=O)c1ccc(F)c(Cl)c1. The molecule has 0 fully saturated rings. The summed E-state index contributed by atoms with van der Waals surface area (Å²) in [4.78, 5) is 13.6. The van der Waals surface area contributed by atoms with Crippen LogP contribution in [-0.4, -0.2) is 35.1 Å². The Hall–Kier alpha value is -1.13. The number of carbonyl (C=O) groups excluding carboxylic acids is 1. The van der Waals surface area contributed by atoms with Crippen molar-refractivity contribution in [2.24, 2.45) is 0 Å². The molecule has 1 rings (SSSR count). The molecule has 0 aliphatic carbocycles. The number of carbonyl (C=O) groups is 1. The van der Waals surface area contributed by atoms with Crippen molar-refractivity contribution in [1.29, 1.82) is 0 Å². The standard InChI is InChI=1S/C12H15ClFNO2/c1-8(2)15(5-6-16)12(17)9-3-4-11(14)10(13)7-9/h3-4,7-8,16H,5-6H2,1-2H3. The highest BCUT2D eigenvalue weighted by molar-refractivity contribution is 6.31. The zero-order valence-electron chi connectivity index (χ0n) is 9.78. The maximum Gasteiger partial charge on any atom is 0.254 e. The van der Waals surface area contributed by atoms with Crippen LogP contribution >= 0.6 is 11.6 Å². The van der Waals surface area contributed by atoms with Gasteiger partial charge in [0, 0.05) is 18.2 Å². The van der Waals surface area contributed by atoms with Gasteiger partial charge >= 0.3 is 0 Å². The number of halogens is 2. The number of hydrogen-bond donors (Lipinski definition) is 1. The van der Waals surface area contributed by atoms with Gasteiger partial charge in [0.2, 0.25) is 0 Å². The fourth-order valence-corrected chi connectivity index (χ4v) is 1.68. The van der Waals surface area contributed by atoms with Crippen molar-refractivity contribution in [1.82, 2.24) is 4.90 Å². The highest BCUT2D eigenvalue weighted by Gasteiger charge is 2.18. The molecule has 1 aromatic rings. The van der Waals surface area contributed by atoms with Crippen LogP contribution < -0.4 is 0 Å². The normalized spacial score (nSPS) is 10.7. The molecular formula is C12H15ClFNO2. The van der Waals surface area contributed by atoms with Crippen LogP contribution in [0.15, 0.2) is 18.2 Å². The largest absolute Gasteiger partial charge is 0.395 e. The summed E-state index contributed by atoms with van der Waals surface area (Å²) in [6.07, 6.45) is 0. The van der Waals surface area contributed by atoms with Gasteiger partial charge in [0.1, 0.15) is 5.82 Å². The Balaban J connectivity index is 2.97. The lowest BCUT2D eigenvalue weighted by molar-refractivity contribution is 0.0665. The molecule has 5 heteroatoms. The predicted molar refractivity (Wildman–Crippen MR) is 64.7 cm³/mol. The van der Waals surface area contributed by atoms with Gasteiger partial charge in [-0.3, -0.25) is 4.79 Å². The van der Waals surface area contributed by atoms with E-state index in [1.807, 2.05) is 13.8 Å². The lowest BCUT2D eigenvalue weighted by Crippen LogP contribution is -2.39. The molecule has 0 saturated carbocycles. The molecule has 1 amide bonds. The fourth-order valence-electron chi connectivity index (χ4n) is 1.50. The molecule has 0 aliphatic rings. The smallest absolute Gasteiger partial charge is 0.254 e. The molecule has 0 radical (unpaired) electrons. The van der Waals surface area contributed by atoms with Crippen LogP contribution in [0, 0.1) is 5.82 Å². The van der Waals surface area contributed by atoms with Crippen molar-refractivity contribution in [3.63, 3.8) is 0 Å². The van der Waals surface area contributed by atoms with Crippen LogP contribution in [0.3, 0.4) is 0 Å². The van der Waals surface area contributed by atoms with Gasteiger partial charge in [0.05, 0.1) is 11.6 Å². The number of aliphatic hydroxyl groups is 1. The van der Waals surface area contributed by atoms with E-state index in [0.717, 1.165) is 6.07 Å². The van der Waals surface area contributed by atoms with Crippen molar-refractivity contribution < 1.29 is 14.3 Å². The molecule has 0 atom stereocenters. The Morgan fingerprint density at radius 2 is 2.18 bits per heavy atom. The van der Waals surface area contributed by atoms with Crippen LogP contribution in [0.2, 0.25) is 5.02 Å². The number of benzene rings is 1. The lowest BCUT2D eigenvalue weighted by atomic mass is 10.1. The zero-order chi connectivity index (χ0) is 13.0. The summed E-state index contributed by atoms with van der Waals surface area (Å²) in [5, 5.41) is 8.82. The van der Waals surface area contributed by atoms with Gasteiger partial charge < -0.3 is 10.0 Å². The quantitative estimate of drug-likeness (QED) is 0.902. The summed E-state index contributed by atoms with van der Waals surface area (Å²) in [7, 11) is 0. The Morgan fingerprint density at radius 3 is 2.65 bits per heavy atom. The second kappa shape index (κ2) is 5.98. The summed E-state index contributed by atoms with van der Waals surface area (Å²) in [5.41, 5.74) is 0.318. The first-order valence-electron chi connectivity index (χ1n) is 5.34. The van der Waals surface area contributed by atoms with Gasteiger partial charge in [0.25, 0.3) is 5.91 Å². The minimum Gasteiger partial charge on any atom is -0.395 e. The highest BCUT2D eigenvalue weighted by Crippen LogP contribution is 2.18. The molecule has 0 spiro atoms. The average Bonchev–Trinajstić information content (AvgIpc) is 2.28. The molecule has 1 N–H and O–H groups in total. The van der Waals surface area contributed by atoms with E-state index in [4.69, 9.17) is 16.7 Å². The van der Waals surface area contributed by atoms with Crippen LogP contribution in [0.25, 0.3) is 0 Å². The summed E-state index contributed by atoms with van der Waals surface area (Å²) >= 11 is 5.62. The van der Waals surface area contributed by atoms with Crippen molar-refractivity contribution in [3.05, 3.63) is 34.6 Å². The van der Waals surface area contributed by atoms with E-state index in [9.17, 15) is 9.18 Å². The molecule has 94 valence electrons. The third-order valence-corrected chi connectivity index (χ3v) is 2.68. The number of amides is 1. The Morgan fingerprint density at radius 1 is 1.53 bits per heavy atom. The van der Waals surface area contributed by atoms with E-state index in [-0.39, 0.29) is 30.1 Å². The first-order valence-corrected chi connectivity index (χ1v) is 5.72. The topological polar surface area (TPSA) is 40.5 Å². The first-order chi connectivity index (χ1) is 7.97. The van der Waals surface area contributed by atoms with Crippen molar-refractivity contribution in [3.8, 4) is 0 Å². The van der Waals surface area contributed by atoms with E-state index in [0.29, 0.717) is 5.56 Å². The molecule has 17 heavy (non-hydrogen) atoms. The zero-order valence-corrected chi connectivity index (χ0v) is 10.5. The first kappa shape index (κ1) is 13.9. The fraction of sp³-hybridized carbons (Fsp3) is 0.417. The molecule has 0 aliphatic heterocycles. The van der Waals surface area contributed by atoms with Gasteiger partial charge in [-0.15, -0.1) is 0 Å². The Labute approximate surface area is 105 Å². The molecule has 0 heterocycles. The predicted octanol–water partition coefficient (Wildman–Crippen LogP) is 2.32. The van der Waals surface area contributed by atoms with Crippen LogP contribution in [0.1, 0.15) is 24.2 Å². The highest BCUT2D eigenvalue weighted by atomic mass is 35.5. The number of hydrogen-bond acceptors (Lipinski definition) is 2.